The van der Waals surface area contributed by atoms with Crippen LogP contribution in [-0.4, -0.2) is 59.1 Å². The number of rotatable bonds is 5. The van der Waals surface area contributed by atoms with Gasteiger partial charge >= 0.3 is 0 Å². The zero-order valence-corrected chi connectivity index (χ0v) is 25.0. The second-order valence-corrected chi connectivity index (χ2v) is 13.1. The molecule has 1 aromatic heterocycles. The molecule has 2 N–H and O–H groups in total. The molecule has 3 aliphatic heterocycles. The maximum Gasteiger partial charge on any atom is 0.272 e. The molecule has 3 aromatic rings. The number of H-pyrrole nitrogens is 1. The van der Waals surface area contributed by atoms with E-state index in [1.54, 1.807) is 11.0 Å². The van der Waals surface area contributed by atoms with E-state index in [2.05, 4.69) is 10.3 Å². The third-order valence-corrected chi connectivity index (χ3v) is 10.2. The number of aliphatic imine (C=N–C) groups is 1. The van der Waals surface area contributed by atoms with Crippen LogP contribution < -0.4 is 10.2 Å². The van der Waals surface area contributed by atoms with Crippen LogP contribution >= 0.6 is 0 Å². The van der Waals surface area contributed by atoms with Crippen LogP contribution in [0, 0.1) is 24.7 Å². The summed E-state index contributed by atoms with van der Waals surface area (Å²) < 4.78 is 0. The van der Waals surface area contributed by atoms with Crippen LogP contribution in [0.2, 0.25) is 0 Å². The van der Waals surface area contributed by atoms with Gasteiger partial charge in [-0.25, -0.2) is 0 Å². The van der Waals surface area contributed by atoms with Crippen molar-refractivity contribution in [1.82, 2.24) is 15.2 Å². The van der Waals surface area contributed by atoms with Crippen LogP contribution in [0.3, 0.4) is 0 Å². The summed E-state index contributed by atoms with van der Waals surface area (Å²) >= 11 is 0. The number of para-hydroxylation sites is 2. The molecule has 8 nitrogen and oxygen atoms in total. The highest BCUT2D eigenvalue weighted by atomic mass is 16.2. The van der Waals surface area contributed by atoms with Gasteiger partial charge in [0.05, 0.1) is 11.4 Å². The molecule has 0 radical (unpaired) electrons. The van der Waals surface area contributed by atoms with E-state index in [0.29, 0.717) is 17.5 Å². The van der Waals surface area contributed by atoms with Gasteiger partial charge in [-0.1, -0.05) is 55.7 Å². The lowest BCUT2D eigenvalue weighted by atomic mass is 9.82. The minimum absolute atomic E-state index is 0.0248. The smallest absolute Gasteiger partial charge is 0.272 e. The average Bonchev–Trinajstić information content (AvgIpc) is 3.15. The van der Waals surface area contributed by atoms with Crippen molar-refractivity contribution in [1.29, 1.82) is 0 Å². The summed E-state index contributed by atoms with van der Waals surface area (Å²) in [5, 5.41) is 3.88. The van der Waals surface area contributed by atoms with Crippen molar-refractivity contribution in [3.8, 4) is 0 Å². The molecule has 43 heavy (non-hydrogen) atoms. The summed E-state index contributed by atoms with van der Waals surface area (Å²) in [4.78, 5) is 53.9. The van der Waals surface area contributed by atoms with Gasteiger partial charge < -0.3 is 15.2 Å². The van der Waals surface area contributed by atoms with Gasteiger partial charge in [0.15, 0.2) is 0 Å². The number of carbonyl (C=O) groups excluding carboxylic acids is 3. The molecule has 2 saturated heterocycles. The number of aryl methyl sites for hydroxylation is 1. The number of anilines is 1. The van der Waals surface area contributed by atoms with E-state index in [1.165, 1.54) is 32.1 Å². The van der Waals surface area contributed by atoms with E-state index in [9.17, 15) is 14.4 Å². The largest absolute Gasteiger partial charge is 0.351 e. The Morgan fingerprint density at radius 1 is 0.930 bits per heavy atom. The number of fused-ring (bicyclic) bond motifs is 6. The van der Waals surface area contributed by atoms with Crippen molar-refractivity contribution < 1.29 is 14.4 Å². The van der Waals surface area contributed by atoms with Crippen LogP contribution in [0.15, 0.2) is 53.5 Å². The highest BCUT2D eigenvalue weighted by Gasteiger charge is 2.39. The molecule has 0 spiro atoms. The van der Waals surface area contributed by atoms with Gasteiger partial charge in [-0.3, -0.25) is 24.3 Å². The number of nitrogens with zero attached hydrogens (tertiary/aromatic N) is 3. The Labute approximate surface area is 252 Å². The Morgan fingerprint density at radius 3 is 2.37 bits per heavy atom. The van der Waals surface area contributed by atoms with Crippen LogP contribution in [0.25, 0.3) is 10.9 Å². The van der Waals surface area contributed by atoms with E-state index < -0.39 is 6.17 Å². The summed E-state index contributed by atoms with van der Waals surface area (Å²) in [7, 11) is 0. The van der Waals surface area contributed by atoms with Crippen molar-refractivity contribution in [3.63, 3.8) is 0 Å². The molecule has 4 heterocycles. The van der Waals surface area contributed by atoms with E-state index in [-0.39, 0.29) is 30.2 Å². The zero-order chi connectivity index (χ0) is 29.5. The first-order chi connectivity index (χ1) is 20.9. The fraction of sp³-hybridized carbons (Fsp3) is 0.486. The van der Waals surface area contributed by atoms with Gasteiger partial charge in [0.25, 0.3) is 11.8 Å². The third kappa shape index (κ3) is 5.48. The molecule has 2 saturated carbocycles. The Kier molecular flexibility index (Phi) is 7.53. The quantitative estimate of drug-likeness (QED) is 0.412. The molecule has 1 atom stereocenters. The third-order valence-electron chi connectivity index (χ3n) is 10.2. The first-order valence-electron chi connectivity index (χ1n) is 16.1. The highest BCUT2D eigenvalue weighted by Crippen LogP contribution is 2.37. The van der Waals surface area contributed by atoms with Crippen molar-refractivity contribution in [2.45, 2.75) is 70.9 Å². The second kappa shape index (κ2) is 11.6. The van der Waals surface area contributed by atoms with Crippen LogP contribution in [0.5, 0.6) is 0 Å². The highest BCUT2D eigenvalue weighted by molar-refractivity contribution is 6.16. The number of benzene rings is 2. The summed E-state index contributed by atoms with van der Waals surface area (Å²) in [6.45, 7) is 3.48. The van der Waals surface area contributed by atoms with E-state index in [1.807, 2.05) is 54.3 Å². The summed E-state index contributed by atoms with van der Waals surface area (Å²) in [5.74, 6) is 0.508. The molecule has 8 heteroatoms. The maximum atomic E-state index is 14.5. The molecule has 4 fully saturated rings. The van der Waals surface area contributed by atoms with Crippen molar-refractivity contribution in [3.05, 3.63) is 65.4 Å². The number of hydrogen-bond donors (Lipinski definition) is 2. The number of amides is 3. The van der Waals surface area contributed by atoms with Gasteiger partial charge in [0, 0.05) is 35.5 Å². The van der Waals surface area contributed by atoms with Gasteiger partial charge in [-0.05, 0) is 75.0 Å². The normalized spacial score (nSPS) is 24.3. The monoisotopic (exact) mass is 579 g/mol. The lowest BCUT2D eigenvalue weighted by Crippen LogP contribution is -2.51. The molecule has 2 aliphatic carbocycles. The standard InChI is InChI=1S/C35H41N5O3/c1-22-8-7-12-27-31(25-9-3-2-4-10-25)37-33(38-34(42)29-18-26-11-5-6-13-28(26)36-29)35(43)40(32(22)27)21-30(41)39-19-23-14-15-24(20-39)17-16-23/h5-8,11-13,18,23-25,33,36H,2-4,9-10,14-17,19-21H2,1H3,(H,38,42). The number of benzodiazepines with no additional fused rings is 1. The predicted octanol–water partition coefficient (Wildman–Crippen LogP) is 5.60. The fourth-order valence-electron chi connectivity index (χ4n) is 7.83. The predicted molar refractivity (Wildman–Crippen MR) is 168 cm³/mol. The second-order valence-electron chi connectivity index (χ2n) is 13.1. The van der Waals surface area contributed by atoms with Gasteiger partial charge in [-0.2, -0.15) is 0 Å². The first-order valence-corrected chi connectivity index (χ1v) is 16.1. The summed E-state index contributed by atoms with van der Waals surface area (Å²) in [6.07, 6.45) is 9.02. The van der Waals surface area contributed by atoms with Crippen LogP contribution in [0.1, 0.15) is 79.4 Å². The molecule has 2 bridgehead atoms. The Hall–Kier alpha value is -3.94. The average molecular weight is 580 g/mol. The lowest BCUT2D eigenvalue weighted by Gasteiger charge is -2.30. The molecular formula is C35H41N5O3. The van der Waals surface area contributed by atoms with Crippen LogP contribution in [0.4, 0.5) is 5.69 Å². The Morgan fingerprint density at radius 2 is 1.65 bits per heavy atom. The topological polar surface area (TPSA) is 97.9 Å². The van der Waals surface area contributed by atoms with Gasteiger partial charge in [0.2, 0.25) is 12.1 Å². The molecule has 3 amide bonds. The Bertz CT molecular complexity index is 1530. The summed E-state index contributed by atoms with van der Waals surface area (Å²) in [5.41, 5.74) is 4.70. The van der Waals surface area contributed by atoms with Crippen molar-refractivity contribution in [2.75, 3.05) is 24.5 Å². The molecule has 1 unspecified atom stereocenters. The van der Waals surface area contributed by atoms with E-state index in [4.69, 9.17) is 4.99 Å². The van der Waals surface area contributed by atoms with Gasteiger partial charge in [0.1, 0.15) is 12.2 Å². The number of nitrogens with one attached hydrogen (secondary N) is 2. The number of aromatic nitrogens is 1. The van der Waals surface area contributed by atoms with Crippen molar-refractivity contribution >= 4 is 40.0 Å². The maximum absolute atomic E-state index is 14.5. The molecule has 5 aliphatic rings. The van der Waals surface area contributed by atoms with E-state index >= 15 is 0 Å². The molecule has 8 rings (SSSR count). The minimum atomic E-state index is -1.13. The number of aromatic amines is 1. The molecular weight excluding hydrogens is 538 g/mol. The zero-order valence-electron chi connectivity index (χ0n) is 25.0. The number of carbonyl (C=O) groups is 3. The first kappa shape index (κ1) is 27.9. The van der Waals surface area contributed by atoms with Gasteiger partial charge in [-0.15, -0.1) is 0 Å². The SMILES string of the molecule is Cc1cccc2c1N(CC(=O)N1CC3CCC(CC3)C1)C(=O)C(NC(=O)c1cc3ccccc3[nH]1)N=C2C1CCCCC1. The Balaban J connectivity index is 1.25. The number of hydrogen-bond acceptors (Lipinski definition) is 4. The van der Waals surface area contributed by atoms with Crippen LogP contribution in [-0.2, 0) is 9.59 Å². The molecule has 2 aromatic carbocycles. The lowest BCUT2D eigenvalue weighted by molar-refractivity contribution is -0.132. The fourth-order valence-corrected chi connectivity index (χ4v) is 7.83. The van der Waals surface area contributed by atoms with Crippen molar-refractivity contribution in [2.24, 2.45) is 22.7 Å². The molecule has 224 valence electrons. The minimum Gasteiger partial charge on any atom is -0.351 e. The summed E-state index contributed by atoms with van der Waals surface area (Å²) in [6, 6.07) is 15.5. The van der Waals surface area contributed by atoms with E-state index in [0.717, 1.165) is 72.2 Å².